The van der Waals surface area contributed by atoms with Crippen molar-refractivity contribution < 1.29 is 9.53 Å². The van der Waals surface area contributed by atoms with Crippen LogP contribution in [0.15, 0.2) is 18.2 Å². The minimum atomic E-state index is -0.160. The van der Waals surface area contributed by atoms with E-state index in [0.29, 0.717) is 18.2 Å². The van der Waals surface area contributed by atoms with E-state index in [9.17, 15) is 4.79 Å². The van der Waals surface area contributed by atoms with E-state index >= 15 is 0 Å². The van der Waals surface area contributed by atoms with E-state index in [0.717, 1.165) is 13.0 Å². The molecular weight excluding hydrogens is 250 g/mol. The summed E-state index contributed by atoms with van der Waals surface area (Å²) in [4.78, 5) is 13.9. The molecule has 2 aliphatic rings. The van der Waals surface area contributed by atoms with Gasteiger partial charge in [-0.05, 0) is 61.5 Å². The summed E-state index contributed by atoms with van der Waals surface area (Å²) < 4.78 is 5.38. The third-order valence-electron chi connectivity index (χ3n) is 5.03. The molecule has 2 bridgehead atoms. The number of likely N-dealkylation sites (N-methyl/N-ethyl adjacent to an activating group) is 1. The summed E-state index contributed by atoms with van der Waals surface area (Å²) in [5, 5.41) is 0. The van der Waals surface area contributed by atoms with Crippen LogP contribution >= 0.6 is 0 Å². The average molecular weight is 273 g/mol. The van der Waals surface area contributed by atoms with E-state index in [2.05, 4.69) is 31.0 Å². The number of esters is 1. The molecule has 1 heterocycles. The molecule has 108 valence electrons. The number of carbonyl (C=O) groups excluding carboxylic acids is 1. The molecule has 1 aliphatic carbocycles. The van der Waals surface area contributed by atoms with Crippen LogP contribution in [0.4, 0.5) is 0 Å². The van der Waals surface area contributed by atoms with Gasteiger partial charge >= 0.3 is 5.97 Å². The van der Waals surface area contributed by atoms with E-state index < -0.39 is 0 Å². The number of piperidine rings is 1. The summed E-state index contributed by atoms with van der Waals surface area (Å²) in [7, 11) is 2.23. The lowest BCUT2D eigenvalue weighted by Gasteiger charge is -2.48. The Hall–Kier alpha value is -1.35. The lowest BCUT2D eigenvalue weighted by atomic mass is 9.65. The Morgan fingerprint density at radius 3 is 3.05 bits per heavy atom. The molecule has 1 fully saturated rings. The summed E-state index contributed by atoms with van der Waals surface area (Å²) in [6, 6.07) is 6.85. The lowest BCUT2D eigenvalue weighted by molar-refractivity contribution is -0.134. The van der Waals surface area contributed by atoms with Crippen LogP contribution in [0.5, 0.6) is 5.75 Å². The van der Waals surface area contributed by atoms with Crippen molar-refractivity contribution in [3.63, 3.8) is 0 Å². The fourth-order valence-corrected chi connectivity index (χ4v) is 3.67. The molecule has 3 nitrogen and oxygen atoms in total. The summed E-state index contributed by atoms with van der Waals surface area (Å²) in [5.74, 6) is 0.543. The molecule has 1 aromatic rings. The van der Waals surface area contributed by atoms with Gasteiger partial charge in [0.25, 0.3) is 0 Å². The molecular formula is C17H23NO2. The van der Waals surface area contributed by atoms with Gasteiger partial charge in [-0.3, -0.25) is 4.79 Å². The zero-order valence-corrected chi connectivity index (χ0v) is 12.6. The van der Waals surface area contributed by atoms with E-state index in [1.807, 2.05) is 13.0 Å². The van der Waals surface area contributed by atoms with Gasteiger partial charge in [0.05, 0.1) is 0 Å². The molecule has 1 unspecified atom stereocenters. The van der Waals surface area contributed by atoms with E-state index in [4.69, 9.17) is 4.74 Å². The maximum absolute atomic E-state index is 11.5. The van der Waals surface area contributed by atoms with Crippen molar-refractivity contribution in [3.05, 3.63) is 29.3 Å². The Balaban J connectivity index is 1.95. The number of hydrogen-bond donors (Lipinski definition) is 0. The number of likely N-dealkylation sites (tertiary alicyclic amines) is 1. The highest BCUT2D eigenvalue weighted by molar-refractivity contribution is 5.72. The van der Waals surface area contributed by atoms with Crippen molar-refractivity contribution in [2.24, 2.45) is 0 Å². The molecule has 2 atom stereocenters. The van der Waals surface area contributed by atoms with Crippen LogP contribution in [0.1, 0.15) is 44.2 Å². The van der Waals surface area contributed by atoms with Gasteiger partial charge in [-0.25, -0.2) is 0 Å². The molecule has 20 heavy (non-hydrogen) atoms. The van der Waals surface area contributed by atoms with Crippen molar-refractivity contribution in [2.45, 2.75) is 51.0 Å². The number of benzene rings is 1. The van der Waals surface area contributed by atoms with Gasteiger partial charge in [-0.2, -0.15) is 0 Å². The minimum Gasteiger partial charge on any atom is -0.427 e. The second-order valence-corrected chi connectivity index (χ2v) is 6.50. The highest BCUT2D eigenvalue weighted by Crippen LogP contribution is 2.45. The van der Waals surface area contributed by atoms with Gasteiger partial charge in [-0.1, -0.05) is 19.9 Å². The van der Waals surface area contributed by atoms with Gasteiger partial charge in [0, 0.05) is 12.5 Å². The van der Waals surface area contributed by atoms with Crippen LogP contribution in [0.2, 0.25) is 0 Å². The van der Waals surface area contributed by atoms with Gasteiger partial charge in [0.2, 0.25) is 0 Å². The maximum atomic E-state index is 11.5. The Kier molecular flexibility index (Phi) is 3.33. The molecule has 1 aliphatic heterocycles. The number of ether oxygens (including phenoxy) is 1. The second kappa shape index (κ2) is 4.88. The normalized spacial score (nSPS) is 28.9. The average Bonchev–Trinajstić information content (AvgIpc) is 2.44. The molecule has 1 saturated heterocycles. The zero-order valence-electron chi connectivity index (χ0n) is 12.6. The summed E-state index contributed by atoms with van der Waals surface area (Å²) in [6.45, 7) is 5.33. The first kappa shape index (κ1) is 13.6. The molecule has 0 saturated carbocycles. The van der Waals surface area contributed by atoms with Crippen LogP contribution in [-0.2, 0) is 16.6 Å². The van der Waals surface area contributed by atoms with Gasteiger partial charge < -0.3 is 9.64 Å². The Labute approximate surface area is 120 Å². The maximum Gasteiger partial charge on any atom is 0.310 e. The number of hydrogen-bond acceptors (Lipinski definition) is 3. The van der Waals surface area contributed by atoms with E-state index in [-0.39, 0.29) is 11.4 Å². The van der Waals surface area contributed by atoms with Crippen molar-refractivity contribution in [3.8, 4) is 5.75 Å². The first-order valence-corrected chi connectivity index (χ1v) is 7.56. The Bertz CT molecular complexity index is 540. The lowest BCUT2D eigenvalue weighted by Crippen LogP contribution is -2.50. The predicted octanol–water partition coefficient (Wildman–Crippen LogP) is 2.91. The highest BCUT2D eigenvalue weighted by Gasteiger charge is 2.41. The molecule has 1 aromatic carbocycles. The van der Waals surface area contributed by atoms with Crippen molar-refractivity contribution in [1.82, 2.24) is 4.90 Å². The van der Waals surface area contributed by atoms with Crippen molar-refractivity contribution in [1.29, 1.82) is 0 Å². The fourth-order valence-electron chi connectivity index (χ4n) is 3.67. The molecule has 0 spiro atoms. The van der Waals surface area contributed by atoms with Crippen molar-refractivity contribution in [2.75, 3.05) is 13.6 Å². The second-order valence-electron chi connectivity index (χ2n) is 6.50. The Morgan fingerprint density at radius 2 is 2.30 bits per heavy atom. The molecule has 3 rings (SSSR count). The third-order valence-corrected chi connectivity index (χ3v) is 5.03. The summed E-state index contributed by atoms with van der Waals surface area (Å²) in [6.07, 6.45) is 3.92. The third kappa shape index (κ3) is 2.24. The predicted molar refractivity (Wildman–Crippen MR) is 79.1 cm³/mol. The van der Waals surface area contributed by atoms with E-state index in [1.54, 1.807) is 0 Å². The van der Waals surface area contributed by atoms with Gasteiger partial charge in [-0.15, -0.1) is 0 Å². The van der Waals surface area contributed by atoms with Gasteiger partial charge in [0.1, 0.15) is 5.75 Å². The minimum absolute atomic E-state index is 0.160. The number of rotatable bonds is 2. The molecule has 0 N–H and O–H groups in total. The standard InChI is InChI=1S/C17H23NO2/c1-4-16(19)20-14-6-5-12-9-13-11-17(2,15(12)10-14)7-8-18(13)3/h5-6,10,13H,4,7-9,11H2,1-3H3/t13?,17-/m0/s1. The zero-order chi connectivity index (χ0) is 14.3. The molecule has 3 heteroatoms. The van der Waals surface area contributed by atoms with E-state index in [1.165, 1.54) is 24.0 Å². The largest absolute Gasteiger partial charge is 0.427 e. The first-order valence-electron chi connectivity index (χ1n) is 7.56. The van der Waals surface area contributed by atoms with Crippen molar-refractivity contribution >= 4 is 5.97 Å². The van der Waals surface area contributed by atoms with Crippen LogP contribution in [-0.4, -0.2) is 30.5 Å². The Morgan fingerprint density at radius 1 is 1.50 bits per heavy atom. The van der Waals surface area contributed by atoms with Crippen LogP contribution in [0.25, 0.3) is 0 Å². The topological polar surface area (TPSA) is 29.5 Å². The molecule has 0 aromatic heterocycles. The highest BCUT2D eigenvalue weighted by atomic mass is 16.5. The SMILES string of the molecule is CCC(=O)Oc1ccc2c(c1)[C@@]1(C)CCN(C)C(C2)C1. The number of carbonyl (C=O) groups is 1. The molecule has 0 radical (unpaired) electrons. The monoisotopic (exact) mass is 273 g/mol. The fraction of sp³-hybridized carbons (Fsp3) is 0.588. The van der Waals surface area contributed by atoms with Crippen LogP contribution in [0.3, 0.4) is 0 Å². The quantitative estimate of drug-likeness (QED) is 0.613. The number of fused-ring (bicyclic) bond motifs is 4. The van der Waals surface area contributed by atoms with Crippen LogP contribution < -0.4 is 4.74 Å². The van der Waals surface area contributed by atoms with Crippen LogP contribution in [0, 0.1) is 0 Å². The summed E-state index contributed by atoms with van der Waals surface area (Å²) in [5.41, 5.74) is 3.05. The molecule has 0 amide bonds. The first-order chi connectivity index (χ1) is 9.51. The van der Waals surface area contributed by atoms with Gasteiger partial charge in [0.15, 0.2) is 0 Å². The summed E-state index contributed by atoms with van der Waals surface area (Å²) >= 11 is 0. The number of nitrogens with zero attached hydrogens (tertiary/aromatic N) is 1. The smallest absolute Gasteiger partial charge is 0.310 e.